The number of ketones is 1. The molecule has 7 aliphatic rings. The highest BCUT2D eigenvalue weighted by molar-refractivity contribution is 6.33. The van der Waals surface area contributed by atoms with Gasteiger partial charge in [0.15, 0.2) is 12.1 Å². The van der Waals surface area contributed by atoms with E-state index in [0.29, 0.717) is 19.5 Å². The molecule has 2 heterocycles. The lowest BCUT2D eigenvalue weighted by atomic mass is 9.33. The number of anilines is 1. The monoisotopic (exact) mass is 810 g/mol. The molecule has 0 spiro atoms. The zero-order valence-electron chi connectivity index (χ0n) is 35.2. The molecule has 4 N–H and O–H groups in total. The Morgan fingerprint density at radius 2 is 1.56 bits per heavy atom. The van der Waals surface area contributed by atoms with Crippen molar-refractivity contribution in [2.24, 2.45) is 50.2 Å². The smallest absolute Gasteiger partial charge is 0.228 e. The summed E-state index contributed by atoms with van der Waals surface area (Å²) in [6, 6.07) is 7.90. The van der Waals surface area contributed by atoms with E-state index in [-0.39, 0.29) is 45.7 Å². The van der Waals surface area contributed by atoms with Crippen LogP contribution in [-0.2, 0) is 19.1 Å². The molecule has 57 heavy (non-hydrogen) atoms. The predicted molar refractivity (Wildman–Crippen MR) is 218 cm³/mol. The van der Waals surface area contributed by atoms with Crippen molar-refractivity contribution in [1.29, 1.82) is 0 Å². The Balaban J connectivity index is 1.09. The lowest BCUT2D eigenvalue weighted by molar-refractivity contribution is -0.335. The molecule has 6 fully saturated rings. The van der Waals surface area contributed by atoms with Crippen LogP contribution < -0.4 is 4.90 Å². The Hall–Kier alpha value is -2.05. The van der Waals surface area contributed by atoms with Crippen molar-refractivity contribution in [3.8, 4) is 0 Å². The molecule has 2 saturated heterocycles. The average molecular weight is 812 g/mol. The molecule has 4 unspecified atom stereocenters. The van der Waals surface area contributed by atoms with Gasteiger partial charge in [0.25, 0.3) is 0 Å². The van der Waals surface area contributed by atoms with Crippen LogP contribution in [-0.4, -0.2) is 107 Å². The zero-order chi connectivity index (χ0) is 41.1. The predicted octanol–water partition coefficient (Wildman–Crippen LogP) is 6.15. The molecule has 8 rings (SSSR count). The Morgan fingerprint density at radius 1 is 0.877 bits per heavy atom. The first-order valence-electron chi connectivity index (χ1n) is 21.7. The lowest BCUT2D eigenvalue weighted by Gasteiger charge is -2.71. The van der Waals surface area contributed by atoms with Crippen molar-refractivity contribution in [1.82, 2.24) is 4.90 Å². The first-order valence-corrected chi connectivity index (χ1v) is 22.1. The highest BCUT2D eigenvalue weighted by Crippen LogP contribution is 2.75. The number of halogens is 1. The maximum Gasteiger partial charge on any atom is 0.228 e. The lowest BCUT2D eigenvalue weighted by Crippen LogP contribution is -2.69. The van der Waals surface area contributed by atoms with Crippen molar-refractivity contribution in [2.75, 3.05) is 37.7 Å². The molecule has 0 aromatic heterocycles. The molecule has 4 saturated carbocycles. The molecule has 14 atom stereocenters. The number of piperazine rings is 1. The van der Waals surface area contributed by atoms with Gasteiger partial charge in [-0.1, -0.05) is 77.8 Å². The first kappa shape index (κ1) is 41.7. The Bertz CT molecular complexity index is 1780. The van der Waals surface area contributed by atoms with Gasteiger partial charge < -0.3 is 39.7 Å². The topological polar surface area (TPSA) is 140 Å². The minimum Gasteiger partial charge on any atom is -0.394 e. The van der Waals surface area contributed by atoms with Crippen LogP contribution >= 0.6 is 11.6 Å². The Morgan fingerprint density at radius 3 is 2.25 bits per heavy atom. The average Bonchev–Trinajstić information content (AvgIpc) is 3.17. The van der Waals surface area contributed by atoms with Crippen LogP contribution in [0.3, 0.4) is 0 Å². The number of rotatable bonds is 5. The standard InChI is InChI=1S/C46H67ClN2O8/c1-41(2)14-13-34(57-39-37(54)36(53)35(52)32(26-50)56-39)46(7)33(41)12-15-45(6)38(46)31(51)24-27-28-25-43(4,17-16-42(28,3)18-19-44(27,45)5)40(55)49-22-20-48(21-23-49)30-11-9-8-10-29(30)47/h8-11,24,28,32-39,50,52-54H,12-23,25-26H2,1-7H3/t28-,32+,33?,34?,35+,36+,37+,38?,39-,42+,43?,44+,45+,46+/m0/s1. The number of nitrogens with zero attached hydrogens (tertiary/aromatic N) is 2. The largest absolute Gasteiger partial charge is 0.394 e. The number of ether oxygens (including phenoxy) is 2. The molecule has 1 aromatic rings. The molecule has 0 radical (unpaired) electrons. The van der Waals surface area contributed by atoms with E-state index in [1.165, 1.54) is 5.57 Å². The van der Waals surface area contributed by atoms with Crippen molar-refractivity contribution in [2.45, 2.75) is 143 Å². The van der Waals surface area contributed by atoms with Gasteiger partial charge in [-0.25, -0.2) is 0 Å². The Labute approximate surface area is 344 Å². The van der Waals surface area contributed by atoms with Crippen molar-refractivity contribution < 1.29 is 39.5 Å². The van der Waals surface area contributed by atoms with Gasteiger partial charge in [-0.05, 0) is 109 Å². The summed E-state index contributed by atoms with van der Waals surface area (Å²) < 4.78 is 12.7. The number of aliphatic hydroxyl groups is 4. The molecule has 11 heteroatoms. The number of carbonyl (C=O) groups excluding carboxylic acids is 2. The molecule has 1 amide bonds. The van der Waals surface area contributed by atoms with Gasteiger partial charge in [-0.2, -0.15) is 0 Å². The number of allylic oxidation sites excluding steroid dienone is 2. The van der Waals surface area contributed by atoms with Gasteiger partial charge in [0, 0.05) is 42.9 Å². The van der Waals surface area contributed by atoms with Crippen LogP contribution in [0.1, 0.15) is 106 Å². The van der Waals surface area contributed by atoms with Crippen LogP contribution in [0.15, 0.2) is 35.9 Å². The number of aliphatic hydroxyl groups excluding tert-OH is 4. The zero-order valence-corrected chi connectivity index (χ0v) is 35.9. The maximum atomic E-state index is 15.3. The minimum absolute atomic E-state index is 0.0000526. The van der Waals surface area contributed by atoms with Gasteiger partial charge >= 0.3 is 0 Å². The summed E-state index contributed by atoms with van der Waals surface area (Å²) in [6.07, 6.45) is 2.60. The third-order valence-electron chi connectivity index (χ3n) is 17.9. The van der Waals surface area contributed by atoms with Gasteiger partial charge in [0.05, 0.1) is 23.4 Å². The summed E-state index contributed by atoms with van der Waals surface area (Å²) in [7, 11) is 0. The van der Waals surface area contributed by atoms with Crippen LogP contribution in [0.4, 0.5) is 5.69 Å². The maximum absolute atomic E-state index is 15.3. The summed E-state index contributed by atoms with van der Waals surface area (Å²) in [5, 5.41) is 42.9. The third kappa shape index (κ3) is 6.22. The van der Waals surface area contributed by atoms with E-state index in [1.54, 1.807) is 0 Å². The number of hydrogen-bond donors (Lipinski definition) is 4. The third-order valence-corrected chi connectivity index (χ3v) is 18.2. The molecule has 1 aromatic carbocycles. The van der Waals surface area contributed by atoms with E-state index >= 15 is 4.79 Å². The minimum atomic E-state index is -1.54. The van der Waals surface area contributed by atoms with Gasteiger partial charge in [0.2, 0.25) is 5.91 Å². The van der Waals surface area contributed by atoms with Gasteiger partial charge in [-0.3, -0.25) is 9.59 Å². The highest BCUT2D eigenvalue weighted by atomic mass is 35.5. The second kappa shape index (κ2) is 14.3. The number of fused-ring (bicyclic) bond motifs is 7. The fraction of sp³-hybridized carbons (Fsp3) is 0.783. The molecule has 2 aliphatic heterocycles. The van der Waals surface area contributed by atoms with E-state index in [4.69, 9.17) is 21.1 Å². The number of para-hydroxylation sites is 1. The second-order valence-corrected chi connectivity index (χ2v) is 21.6. The summed E-state index contributed by atoms with van der Waals surface area (Å²) in [6.45, 7) is 18.4. The van der Waals surface area contributed by atoms with Crippen LogP contribution in [0.5, 0.6) is 0 Å². The number of benzene rings is 1. The van der Waals surface area contributed by atoms with Crippen molar-refractivity contribution in [3.63, 3.8) is 0 Å². The molecular weight excluding hydrogens is 744 g/mol. The van der Waals surface area contributed by atoms with Crippen molar-refractivity contribution in [3.05, 3.63) is 40.9 Å². The van der Waals surface area contributed by atoms with Crippen LogP contribution in [0.2, 0.25) is 5.02 Å². The number of carbonyl (C=O) groups is 2. The fourth-order valence-corrected chi connectivity index (χ4v) is 14.4. The molecule has 10 nitrogen and oxygen atoms in total. The summed E-state index contributed by atoms with van der Waals surface area (Å²) in [4.78, 5) is 34.3. The van der Waals surface area contributed by atoms with E-state index in [1.807, 2.05) is 30.3 Å². The number of hydrogen-bond acceptors (Lipinski definition) is 9. The van der Waals surface area contributed by atoms with Crippen LogP contribution in [0, 0.1) is 50.2 Å². The van der Waals surface area contributed by atoms with Gasteiger partial charge in [-0.15, -0.1) is 0 Å². The molecular formula is C46H67ClN2O8. The van der Waals surface area contributed by atoms with E-state index < -0.39 is 59.7 Å². The van der Waals surface area contributed by atoms with E-state index in [9.17, 15) is 25.2 Å². The van der Waals surface area contributed by atoms with Crippen LogP contribution in [0.25, 0.3) is 0 Å². The molecule has 5 aliphatic carbocycles. The van der Waals surface area contributed by atoms with E-state index in [0.717, 1.165) is 75.2 Å². The van der Waals surface area contributed by atoms with Gasteiger partial charge in [0.1, 0.15) is 24.4 Å². The summed E-state index contributed by atoms with van der Waals surface area (Å²) in [5.41, 5.74) is 0.369. The molecule has 0 bridgehead atoms. The second-order valence-electron chi connectivity index (χ2n) is 21.2. The summed E-state index contributed by atoms with van der Waals surface area (Å²) >= 11 is 6.54. The van der Waals surface area contributed by atoms with E-state index in [2.05, 4.69) is 58.3 Å². The quantitative estimate of drug-likeness (QED) is 0.276. The fourth-order valence-electron chi connectivity index (χ4n) is 14.1. The first-order chi connectivity index (χ1) is 26.7. The molecule has 316 valence electrons. The normalized spacial score (nSPS) is 46.9. The SMILES string of the molecule is CC1(C(=O)N2CCN(c3ccccc3Cl)CC2)CC[C@]2(C)CC[C@]3(C)C(=CC(=O)C4[C@@]5(C)C(O[C@@H]6O[C@H](CO)[C@@H](O)[C@@H](O)[C@H]6O)CCC(C)(C)C5CC[C@]43C)[C@@H]2C1. The van der Waals surface area contributed by atoms with Crippen molar-refractivity contribution >= 4 is 29.0 Å². The Kier molecular flexibility index (Phi) is 10.4. The highest BCUT2D eigenvalue weighted by Gasteiger charge is 2.72. The summed E-state index contributed by atoms with van der Waals surface area (Å²) in [5.74, 6) is 0.267. The number of amides is 1.